The minimum Gasteiger partial charge on any atom is -0.486 e. The van der Waals surface area contributed by atoms with Crippen LogP contribution >= 0.6 is 0 Å². The van der Waals surface area contributed by atoms with Crippen LogP contribution in [0.2, 0.25) is 0 Å². The van der Waals surface area contributed by atoms with Crippen molar-refractivity contribution < 1.29 is 28.8 Å². The molecule has 0 bridgehead atoms. The summed E-state index contributed by atoms with van der Waals surface area (Å²) in [6, 6.07) is 11.1. The number of amides is 3. The highest BCUT2D eigenvalue weighted by Crippen LogP contribution is 2.32. The molecular formula is C21H19N3O7. The summed E-state index contributed by atoms with van der Waals surface area (Å²) in [5.41, 5.74) is -0.673. The van der Waals surface area contributed by atoms with E-state index in [9.17, 15) is 24.5 Å². The Balaban J connectivity index is 1.36. The van der Waals surface area contributed by atoms with E-state index >= 15 is 0 Å². The first-order valence-electron chi connectivity index (χ1n) is 9.63. The molecule has 0 saturated heterocycles. The molecule has 0 aliphatic carbocycles. The fraction of sp³-hybridized carbons (Fsp3) is 0.286. The van der Waals surface area contributed by atoms with Crippen molar-refractivity contribution in [2.45, 2.75) is 12.5 Å². The van der Waals surface area contributed by atoms with Gasteiger partial charge in [0.05, 0.1) is 17.0 Å². The summed E-state index contributed by atoms with van der Waals surface area (Å²) in [5, 5.41) is 11.2. The van der Waals surface area contributed by atoms with Gasteiger partial charge in [-0.25, -0.2) is 0 Å². The Hall–Kier alpha value is -3.95. The Bertz CT molecular complexity index is 1080. The van der Waals surface area contributed by atoms with Crippen molar-refractivity contribution in [3.63, 3.8) is 0 Å². The van der Waals surface area contributed by atoms with Crippen molar-refractivity contribution in [3.8, 4) is 11.5 Å². The van der Waals surface area contributed by atoms with Gasteiger partial charge in [-0.05, 0) is 18.2 Å². The van der Waals surface area contributed by atoms with Gasteiger partial charge in [-0.2, -0.15) is 0 Å². The minimum absolute atomic E-state index is 0.0218. The van der Waals surface area contributed by atoms with Gasteiger partial charge in [0.2, 0.25) is 5.91 Å². The predicted octanol–water partition coefficient (Wildman–Crippen LogP) is 1.88. The maximum absolute atomic E-state index is 12.6. The number of fused-ring (bicyclic) bond motifs is 2. The van der Waals surface area contributed by atoms with E-state index in [1.165, 1.54) is 23.1 Å². The molecule has 0 unspecified atom stereocenters. The Kier molecular flexibility index (Phi) is 5.28. The number of hydrogen-bond donors (Lipinski definition) is 0. The summed E-state index contributed by atoms with van der Waals surface area (Å²) in [6.07, 6.45) is -0.467. The molecule has 0 fully saturated rings. The molecule has 4 rings (SSSR count). The fourth-order valence-corrected chi connectivity index (χ4v) is 3.63. The van der Waals surface area contributed by atoms with E-state index in [-0.39, 0.29) is 49.3 Å². The lowest BCUT2D eigenvalue weighted by Crippen LogP contribution is -2.43. The number of nitro groups is 1. The van der Waals surface area contributed by atoms with E-state index < -0.39 is 22.4 Å². The number of nitro benzene ring substituents is 1. The van der Waals surface area contributed by atoms with Crippen LogP contribution in [0, 0.1) is 10.1 Å². The van der Waals surface area contributed by atoms with Crippen LogP contribution in [0.25, 0.3) is 0 Å². The molecule has 0 spiro atoms. The van der Waals surface area contributed by atoms with E-state index in [0.717, 1.165) is 4.90 Å². The number of benzene rings is 2. The van der Waals surface area contributed by atoms with Crippen LogP contribution in [0.3, 0.4) is 0 Å². The van der Waals surface area contributed by atoms with Gasteiger partial charge >= 0.3 is 0 Å². The zero-order valence-corrected chi connectivity index (χ0v) is 16.6. The normalized spacial score (nSPS) is 16.8. The van der Waals surface area contributed by atoms with Crippen LogP contribution in [0.5, 0.6) is 11.5 Å². The lowest BCUT2D eigenvalue weighted by atomic mass is 10.1. The van der Waals surface area contributed by atoms with Crippen LogP contribution < -0.4 is 9.47 Å². The topological polar surface area (TPSA) is 119 Å². The van der Waals surface area contributed by atoms with E-state index in [1.54, 1.807) is 19.2 Å². The standard InChI is InChI=1S/C21H19N3O7/c1-22(11-13-12-30-16-7-2-3-8-17(16)31-13)18(25)9-10-23-20(26)14-5-4-6-15(24(28)29)19(14)21(23)27/h2-8,13H,9-12H2,1H3/t13-/m0/s1. The zero-order chi connectivity index (χ0) is 22.1. The molecule has 2 aromatic carbocycles. The smallest absolute Gasteiger partial charge is 0.282 e. The molecule has 10 heteroatoms. The largest absolute Gasteiger partial charge is 0.486 e. The first kappa shape index (κ1) is 20.3. The van der Waals surface area contributed by atoms with Crippen molar-refractivity contribution in [3.05, 3.63) is 63.7 Å². The Morgan fingerprint density at radius 3 is 2.65 bits per heavy atom. The van der Waals surface area contributed by atoms with Gasteiger partial charge in [-0.15, -0.1) is 0 Å². The van der Waals surface area contributed by atoms with Crippen LogP contribution in [-0.2, 0) is 4.79 Å². The second-order valence-corrected chi connectivity index (χ2v) is 7.24. The number of para-hydroxylation sites is 2. The summed E-state index contributed by atoms with van der Waals surface area (Å²) in [5.74, 6) is -0.448. The summed E-state index contributed by atoms with van der Waals surface area (Å²) in [7, 11) is 1.60. The summed E-state index contributed by atoms with van der Waals surface area (Å²) in [4.78, 5) is 50.5. The van der Waals surface area contributed by atoms with Crippen LogP contribution in [0.4, 0.5) is 5.69 Å². The molecule has 2 heterocycles. The number of carbonyl (C=O) groups excluding carboxylic acids is 3. The highest BCUT2D eigenvalue weighted by molar-refractivity contribution is 6.23. The molecule has 3 amide bonds. The maximum Gasteiger partial charge on any atom is 0.282 e. The van der Waals surface area contributed by atoms with Gasteiger partial charge < -0.3 is 14.4 Å². The number of hydrogen-bond acceptors (Lipinski definition) is 7. The molecular weight excluding hydrogens is 406 g/mol. The van der Waals surface area contributed by atoms with Gasteiger partial charge in [0.25, 0.3) is 17.5 Å². The van der Waals surface area contributed by atoms with Crippen molar-refractivity contribution >= 4 is 23.4 Å². The van der Waals surface area contributed by atoms with Crippen LogP contribution in [-0.4, -0.2) is 65.3 Å². The highest BCUT2D eigenvalue weighted by atomic mass is 16.6. The first-order chi connectivity index (χ1) is 14.9. The van der Waals surface area contributed by atoms with E-state index in [4.69, 9.17) is 9.47 Å². The second-order valence-electron chi connectivity index (χ2n) is 7.24. The SMILES string of the molecule is CN(C[C@H]1COc2ccccc2O1)C(=O)CCN1C(=O)c2cccc([N+](=O)[O-])c2C1=O. The monoisotopic (exact) mass is 425 g/mol. The first-order valence-corrected chi connectivity index (χ1v) is 9.63. The third-order valence-electron chi connectivity index (χ3n) is 5.19. The molecule has 31 heavy (non-hydrogen) atoms. The average molecular weight is 425 g/mol. The lowest BCUT2D eigenvalue weighted by Gasteiger charge is -2.29. The Morgan fingerprint density at radius 2 is 1.90 bits per heavy atom. The number of ether oxygens (including phenoxy) is 2. The highest BCUT2D eigenvalue weighted by Gasteiger charge is 2.41. The molecule has 10 nitrogen and oxygen atoms in total. The minimum atomic E-state index is -0.761. The molecule has 2 aliphatic heterocycles. The number of likely N-dealkylation sites (N-methyl/N-ethyl adjacent to an activating group) is 1. The molecule has 2 aliphatic rings. The van der Waals surface area contributed by atoms with Crippen molar-refractivity contribution in [1.29, 1.82) is 0 Å². The van der Waals surface area contributed by atoms with Crippen molar-refractivity contribution in [1.82, 2.24) is 9.80 Å². The predicted molar refractivity (Wildman–Crippen MR) is 107 cm³/mol. The van der Waals surface area contributed by atoms with Crippen molar-refractivity contribution in [2.75, 3.05) is 26.7 Å². The van der Waals surface area contributed by atoms with E-state index in [1.807, 2.05) is 12.1 Å². The quantitative estimate of drug-likeness (QED) is 0.394. The average Bonchev–Trinajstić information content (AvgIpc) is 3.01. The third kappa shape index (κ3) is 3.79. The van der Waals surface area contributed by atoms with Crippen LogP contribution in [0.15, 0.2) is 42.5 Å². The van der Waals surface area contributed by atoms with Gasteiger partial charge in [-0.3, -0.25) is 29.4 Å². The summed E-state index contributed by atoms with van der Waals surface area (Å²) in [6.45, 7) is 0.384. The molecule has 0 radical (unpaired) electrons. The van der Waals surface area contributed by atoms with Gasteiger partial charge in [0.15, 0.2) is 17.6 Å². The number of rotatable bonds is 6. The number of imide groups is 1. The second kappa shape index (κ2) is 8.05. The Labute approximate surface area is 177 Å². The Morgan fingerprint density at radius 1 is 1.16 bits per heavy atom. The molecule has 0 saturated carbocycles. The van der Waals surface area contributed by atoms with Gasteiger partial charge in [0, 0.05) is 26.1 Å². The van der Waals surface area contributed by atoms with E-state index in [2.05, 4.69) is 0 Å². The molecule has 0 N–H and O–H groups in total. The molecule has 1 atom stereocenters. The fourth-order valence-electron chi connectivity index (χ4n) is 3.63. The molecule has 160 valence electrons. The maximum atomic E-state index is 12.6. The zero-order valence-electron chi connectivity index (χ0n) is 16.6. The van der Waals surface area contributed by atoms with Crippen molar-refractivity contribution in [2.24, 2.45) is 0 Å². The third-order valence-corrected chi connectivity index (χ3v) is 5.19. The van der Waals surface area contributed by atoms with Gasteiger partial charge in [0.1, 0.15) is 12.2 Å². The van der Waals surface area contributed by atoms with Gasteiger partial charge in [-0.1, -0.05) is 18.2 Å². The number of carbonyl (C=O) groups is 3. The summed E-state index contributed by atoms with van der Waals surface area (Å²) < 4.78 is 11.5. The summed E-state index contributed by atoms with van der Waals surface area (Å²) >= 11 is 0. The molecule has 0 aromatic heterocycles. The molecule has 2 aromatic rings. The van der Waals surface area contributed by atoms with E-state index in [0.29, 0.717) is 11.5 Å². The lowest BCUT2D eigenvalue weighted by molar-refractivity contribution is -0.385. The number of nitrogens with zero attached hydrogens (tertiary/aromatic N) is 3. The van der Waals surface area contributed by atoms with Crippen LogP contribution in [0.1, 0.15) is 27.1 Å².